The first kappa shape index (κ1) is 14.6. The standard InChI is InChI=1S/C14H24N4S/c1-19-11-5-13(12-15)17-7-9-18(10-8-17)14-4-2-3-6-16-14/h2-4,6,13H,5,7-12,15H2,1H3. The van der Waals surface area contributed by atoms with Gasteiger partial charge in [-0.1, -0.05) is 6.07 Å². The van der Waals surface area contributed by atoms with E-state index in [1.54, 1.807) is 0 Å². The zero-order chi connectivity index (χ0) is 13.5. The van der Waals surface area contributed by atoms with Gasteiger partial charge in [0.25, 0.3) is 0 Å². The Bertz CT molecular complexity index is 352. The highest BCUT2D eigenvalue weighted by Gasteiger charge is 2.23. The second-order valence-corrected chi connectivity index (χ2v) is 5.87. The van der Waals surface area contributed by atoms with Crippen LogP contribution in [0.25, 0.3) is 0 Å². The lowest BCUT2D eigenvalue weighted by molar-refractivity contribution is 0.185. The van der Waals surface area contributed by atoms with Crippen LogP contribution in [0.2, 0.25) is 0 Å². The molecule has 1 aromatic rings. The molecule has 1 atom stereocenters. The van der Waals surface area contributed by atoms with Gasteiger partial charge in [-0.3, -0.25) is 4.90 Å². The summed E-state index contributed by atoms with van der Waals surface area (Å²) in [6.45, 7) is 5.04. The van der Waals surface area contributed by atoms with Crippen LogP contribution in [0.1, 0.15) is 6.42 Å². The van der Waals surface area contributed by atoms with Gasteiger partial charge < -0.3 is 10.6 Å². The molecule has 1 aliphatic rings. The summed E-state index contributed by atoms with van der Waals surface area (Å²) in [6, 6.07) is 6.64. The van der Waals surface area contributed by atoms with Gasteiger partial charge in [-0.25, -0.2) is 4.98 Å². The minimum atomic E-state index is 0.540. The normalized spacial score (nSPS) is 18.5. The third-order valence-corrected chi connectivity index (χ3v) is 4.38. The van der Waals surface area contributed by atoms with Crippen LogP contribution < -0.4 is 10.6 Å². The van der Waals surface area contributed by atoms with Crippen LogP contribution in [0.4, 0.5) is 5.82 Å². The van der Waals surface area contributed by atoms with Crippen LogP contribution in [-0.2, 0) is 0 Å². The van der Waals surface area contributed by atoms with Gasteiger partial charge in [0.15, 0.2) is 0 Å². The molecule has 1 aliphatic heterocycles. The molecule has 0 spiro atoms. The van der Waals surface area contributed by atoms with Crippen molar-refractivity contribution in [1.29, 1.82) is 0 Å². The van der Waals surface area contributed by atoms with Crippen LogP contribution in [0.5, 0.6) is 0 Å². The molecule has 106 valence electrons. The van der Waals surface area contributed by atoms with E-state index in [2.05, 4.69) is 33.2 Å². The Hall–Kier alpha value is -0.780. The Morgan fingerprint density at radius 3 is 2.68 bits per heavy atom. The molecular weight excluding hydrogens is 256 g/mol. The van der Waals surface area contributed by atoms with Crippen molar-refractivity contribution < 1.29 is 0 Å². The van der Waals surface area contributed by atoms with E-state index in [4.69, 9.17) is 5.73 Å². The van der Waals surface area contributed by atoms with Gasteiger partial charge in [0, 0.05) is 45.0 Å². The molecule has 0 bridgehead atoms. The van der Waals surface area contributed by atoms with Crippen molar-refractivity contribution in [3.05, 3.63) is 24.4 Å². The highest BCUT2D eigenvalue weighted by molar-refractivity contribution is 7.98. The monoisotopic (exact) mass is 280 g/mol. The van der Waals surface area contributed by atoms with E-state index in [0.29, 0.717) is 6.04 Å². The highest BCUT2D eigenvalue weighted by atomic mass is 32.2. The molecule has 5 heteroatoms. The van der Waals surface area contributed by atoms with Gasteiger partial charge in [0.05, 0.1) is 0 Å². The van der Waals surface area contributed by atoms with Crippen molar-refractivity contribution in [3.63, 3.8) is 0 Å². The first-order chi connectivity index (χ1) is 9.35. The molecule has 1 saturated heterocycles. The molecule has 2 N–H and O–H groups in total. The van der Waals surface area contributed by atoms with Gasteiger partial charge in [-0.15, -0.1) is 0 Å². The van der Waals surface area contributed by atoms with E-state index in [0.717, 1.165) is 38.5 Å². The molecule has 19 heavy (non-hydrogen) atoms. The van der Waals surface area contributed by atoms with E-state index < -0.39 is 0 Å². The minimum Gasteiger partial charge on any atom is -0.354 e. The maximum Gasteiger partial charge on any atom is 0.128 e. The number of nitrogens with zero attached hydrogens (tertiary/aromatic N) is 3. The summed E-state index contributed by atoms with van der Waals surface area (Å²) < 4.78 is 0. The van der Waals surface area contributed by atoms with Crippen molar-refractivity contribution in [2.75, 3.05) is 49.6 Å². The Labute approximate surface area is 120 Å². The third-order valence-electron chi connectivity index (χ3n) is 3.73. The number of nitrogens with two attached hydrogens (primary N) is 1. The molecule has 1 unspecified atom stereocenters. The number of hydrogen-bond acceptors (Lipinski definition) is 5. The van der Waals surface area contributed by atoms with Crippen LogP contribution in [-0.4, -0.2) is 60.7 Å². The first-order valence-corrected chi connectivity index (χ1v) is 8.33. The SMILES string of the molecule is CSCCC(CN)N1CCN(c2ccccn2)CC1. The number of hydrogen-bond donors (Lipinski definition) is 1. The van der Waals surface area contributed by atoms with Gasteiger partial charge in [0.1, 0.15) is 5.82 Å². The van der Waals surface area contributed by atoms with Gasteiger partial charge in [-0.2, -0.15) is 11.8 Å². The summed E-state index contributed by atoms with van der Waals surface area (Å²) >= 11 is 1.90. The number of rotatable bonds is 6. The largest absolute Gasteiger partial charge is 0.354 e. The number of piperazine rings is 1. The maximum atomic E-state index is 5.91. The summed E-state index contributed by atoms with van der Waals surface area (Å²) in [5, 5.41) is 0. The smallest absolute Gasteiger partial charge is 0.128 e. The summed E-state index contributed by atoms with van der Waals surface area (Å²) in [7, 11) is 0. The third kappa shape index (κ3) is 4.09. The summed E-state index contributed by atoms with van der Waals surface area (Å²) in [4.78, 5) is 9.32. The number of pyridine rings is 1. The Morgan fingerprint density at radius 2 is 2.11 bits per heavy atom. The topological polar surface area (TPSA) is 45.4 Å². The van der Waals surface area contributed by atoms with Crippen molar-refractivity contribution >= 4 is 17.6 Å². The molecule has 1 fully saturated rings. The maximum absolute atomic E-state index is 5.91. The molecule has 0 amide bonds. The van der Waals surface area contributed by atoms with E-state index in [1.165, 1.54) is 12.2 Å². The van der Waals surface area contributed by atoms with Crippen LogP contribution in [0.3, 0.4) is 0 Å². The van der Waals surface area contributed by atoms with Crippen LogP contribution >= 0.6 is 11.8 Å². The molecule has 0 aliphatic carbocycles. The fourth-order valence-electron chi connectivity index (χ4n) is 2.56. The first-order valence-electron chi connectivity index (χ1n) is 6.94. The lowest BCUT2D eigenvalue weighted by atomic mass is 10.1. The van der Waals surface area contributed by atoms with E-state index in [9.17, 15) is 0 Å². The molecule has 1 aromatic heterocycles. The summed E-state index contributed by atoms with van der Waals surface area (Å²) in [5.74, 6) is 2.29. The van der Waals surface area contributed by atoms with E-state index in [-0.39, 0.29) is 0 Å². The predicted molar refractivity (Wildman–Crippen MR) is 83.9 cm³/mol. The van der Waals surface area contributed by atoms with Gasteiger partial charge >= 0.3 is 0 Å². The van der Waals surface area contributed by atoms with Gasteiger partial charge in [0.2, 0.25) is 0 Å². The minimum absolute atomic E-state index is 0.540. The fourth-order valence-corrected chi connectivity index (χ4v) is 3.07. The Kier molecular flexibility index (Phi) is 5.94. The summed E-state index contributed by atoms with van der Waals surface area (Å²) in [5.41, 5.74) is 5.91. The van der Waals surface area contributed by atoms with Crippen molar-refractivity contribution in [1.82, 2.24) is 9.88 Å². The average Bonchev–Trinajstić information content (AvgIpc) is 2.49. The number of anilines is 1. The zero-order valence-corrected chi connectivity index (χ0v) is 12.5. The number of thioether (sulfide) groups is 1. The van der Waals surface area contributed by atoms with E-state index >= 15 is 0 Å². The van der Waals surface area contributed by atoms with Crippen molar-refractivity contribution in [2.24, 2.45) is 5.73 Å². The van der Waals surface area contributed by atoms with Crippen molar-refractivity contribution in [2.45, 2.75) is 12.5 Å². The van der Waals surface area contributed by atoms with Crippen molar-refractivity contribution in [3.8, 4) is 0 Å². The molecule has 4 nitrogen and oxygen atoms in total. The molecular formula is C14H24N4S. The second kappa shape index (κ2) is 7.72. The Balaban J connectivity index is 1.84. The lowest BCUT2D eigenvalue weighted by Gasteiger charge is -2.39. The lowest BCUT2D eigenvalue weighted by Crippen LogP contribution is -2.52. The quantitative estimate of drug-likeness (QED) is 0.850. The predicted octanol–water partition coefficient (Wildman–Crippen LogP) is 1.28. The van der Waals surface area contributed by atoms with Crippen LogP contribution in [0, 0.1) is 0 Å². The summed E-state index contributed by atoms with van der Waals surface area (Å²) in [6.07, 6.45) is 5.22. The molecule has 0 aromatic carbocycles. The van der Waals surface area contributed by atoms with Crippen LogP contribution in [0.15, 0.2) is 24.4 Å². The average molecular weight is 280 g/mol. The Morgan fingerprint density at radius 1 is 1.32 bits per heavy atom. The molecule has 2 heterocycles. The zero-order valence-electron chi connectivity index (χ0n) is 11.7. The number of aromatic nitrogens is 1. The van der Waals surface area contributed by atoms with E-state index in [1.807, 2.05) is 24.0 Å². The van der Waals surface area contributed by atoms with Gasteiger partial charge in [-0.05, 0) is 30.6 Å². The molecule has 0 saturated carbocycles. The second-order valence-electron chi connectivity index (χ2n) is 4.88. The molecule has 2 rings (SSSR count). The molecule has 0 radical (unpaired) electrons. The highest BCUT2D eigenvalue weighted by Crippen LogP contribution is 2.15. The fraction of sp³-hybridized carbons (Fsp3) is 0.643.